The second-order valence-electron chi connectivity index (χ2n) is 15.0. The molecule has 15 heteroatoms. The third-order valence-electron chi connectivity index (χ3n) is 10.5. The number of amides is 2. The number of aryl methyl sites for hydroxylation is 2. The summed E-state index contributed by atoms with van der Waals surface area (Å²) in [6.45, 7) is 2.61. The van der Waals surface area contributed by atoms with Crippen molar-refractivity contribution >= 4 is 89.9 Å². The molecule has 2 aliphatic carbocycles. The quantitative estimate of drug-likeness (QED) is 0.186. The van der Waals surface area contributed by atoms with E-state index in [-0.39, 0.29) is 23.7 Å². The lowest BCUT2D eigenvalue weighted by atomic mass is 9.87. The van der Waals surface area contributed by atoms with E-state index in [0.29, 0.717) is 5.15 Å². The molecule has 1 N–H and O–H groups in total. The molecular formula is C39H47ClN10O2S2. The van der Waals surface area contributed by atoms with E-state index in [1.807, 2.05) is 34.4 Å². The van der Waals surface area contributed by atoms with E-state index in [1.165, 1.54) is 32.8 Å². The molecule has 2 amide bonds. The minimum atomic E-state index is 0.0443. The van der Waals surface area contributed by atoms with Crippen LogP contribution in [0.15, 0.2) is 29.8 Å². The first kappa shape index (κ1) is 38.1. The molecule has 8 rings (SSSR count). The molecule has 0 saturated heterocycles. The maximum absolute atomic E-state index is 12.6. The van der Waals surface area contributed by atoms with E-state index in [1.54, 1.807) is 38.8 Å². The number of halogens is 1. The molecule has 0 spiro atoms. The predicted octanol–water partition coefficient (Wildman–Crippen LogP) is 6.10. The first-order chi connectivity index (χ1) is 25.9. The summed E-state index contributed by atoms with van der Waals surface area (Å²) in [5, 5.41) is 6.28. The molecule has 0 radical (unpaired) electrons. The number of nitrogens with zero attached hydrogens (tertiary/aromatic N) is 9. The van der Waals surface area contributed by atoms with E-state index < -0.39 is 0 Å². The van der Waals surface area contributed by atoms with Crippen LogP contribution >= 0.6 is 34.3 Å². The van der Waals surface area contributed by atoms with Crippen LogP contribution < -0.4 is 10.2 Å². The average Bonchev–Trinajstić information content (AvgIpc) is 3.88. The topological polar surface area (TPSA) is 123 Å². The van der Waals surface area contributed by atoms with Crippen molar-refractivity contribution in [2.45, 2.75) is 45.1 Å². The smallest absolute Gasteiger partial charge is 0.225 e. The van der Waals surface area contributed by atoms with Crippen LogP contribution in [0.4, 0.5) is 17.2 Å². The number of aliphatic imine (C=N–C) groups is 1. The molecule has 4 aromatic heterocycles. The number of anilines is 3. The SMILES string of the molecule is CN(C)C(=O)[C@H]1CCc2c(sc3ncnc(Cl)c23)C1.CN(C)CCN(C)c1cc2c(cc1Nc1ncnc3sc4c(c13)CC[C@H](C(=O)N(C)C)C4)C=NC2. The molecule has 0 saturated carbocycles. The maximum atomic E-state index is 12.6. The van der Waals surface area contributed by atoms with Crippen LogP contribution in [0.25, 0.3) is 20.4 Å². The number of rotatable bonds is 8. The normalized spacial score (nSPS) is 17.1. The van der Waals surface area contributed by atoms with Gasteiger partial charge in [0.1, 0.15) is 33.3 Å². The Morgan fingerprint density at radius 1 is 0.796 bits per heavy atom. The Bertz CT molecular complexity index is 2250. The zero-order valence-corrected chi connectivity index (χ0v) is 34.3. The molecule has 12 nitrogen and oxygen atoms in total. The predicted molar refractivity (Wildman–Crippen MR) is 221 cm³/mol. The molecule has 0 fully saturated rings. The molecule has 5 heterocycles. The summed E-state index contributed by atoms with van der Waals surface area (Å²) in [7, 11) is 13.6. The number of benzene rings is 1. The molecule has 1 aliphatic heterocycles. The van der Waals surface area contributed by atoms with Crippen molar-refractivity contribution in [3.05, 3.63) is 61.9 Å². The zero-order chi connectivity index (χ0) is 38.3. The van der Waals surface area contributed by atoms with Crippen LogP contribution in [0.1, 0.15) is 44.8 Å². The molecule has 3 aliphatic rings. The molecule has 284 valence electrons. The third kappa shape index (κ3) is 7.66. The summed E-state index contributed by atoms with van der Waals surface area (Å²) in [6, 6.07) is 4.44. The first-order valence-electron chi connectivity index (χ1n) is 18.3. The van der Waals surface area contributed by atoms with Crippen molar-refractivity contribution < 1.29 is 9.59 Å². The number of aromatic nitrogens is 4. The highest BCUT2D eigenvalue weighted by molar-refractivity contribution is 7.19. The number of carbonyl (C=O) groups excluding carboxylic acids is 2. The van der Waals surface area contributed by atoms with Crippen molar-refractivity contribution in [1.82, 2.24) is 34.6 Å². The van der Waals surface area contributed by atoms with Gasteiger partial charge in [-0.2, -0.15) is 0 Å². The number of hydrogen-bond acceptors (Lipinski definition) is 12. The summed E-state index contributed by atoms with van der Waals surface area (Å²) in [4.78, 5) is 59.0. The van der Waals surface area contributed by atoms with Gasteiger partial charge in [0.25, 0.3) is 0 Å². The highest BCUT2D eigenvalue weighted by Crippen LogP contribution is 2.43. The van der Waals surface area contributed by atoms with E-state index in [0.717, 1.165) is 101 Å². The van der Waals surface area contributed by atoms with Crippen LogP contribution in [0.5, 0.6) is 0 Å². The standard InChI is InChI=1S/C26H33N7OS.C13H14ClN3OS/c1-31(2)8-9-33(5)21-11-18-14-27-13-17(18)10-20(21)30-24-23-19-7-6-16(26(34)32(3)4)12-22(19)35-25(23)29-15-28-24;1-17(2)13(18)7-3-4-8-9(5-7)19-12-10(8)11(14)15-6-16-12/h10-11,13,15-16H,6-9,12,14H2,1-5H3,(H,28,29,30);6-7H,3-5H2,1-2H3/t16-;7-/m00/s1. The van der Waals surface area contributed by atoms with Gasteiger partial charge in [-0.05, 0) is 87.0 Å². The van der Waals surface area contributed by atoms with Gasteiger partial charge in [-0.25, -0.2) is 19.9 Å². The molecule has 0 bridgehead atoms. The minimum Gasteiger partial charge on any atom is -0.372 e. The molecule has 5 aromatic rings. The Kier molecular flexibility index (Phi) is 11.2. The fourth-order valence-corrected chi connectivity index (χ4v) is 10.4. The van der Waals surface area contributed by atoms with Crippen LogP contribution in [0.2, 0.25) is 5.15 Å². The van der Waals surface area contributed by atoms with E-state index in [2.05, 4.69) is 73.3 Å². The summed E-state index contributed by atoms with van der Waals surface area (Å²) in [5.74, 6) is 1.38. The lowest BCUT2D eigenvalue weighted by molar-refractivity contribution is -0.134. The Balaban J connectivity index is 0.000000199. The number of likely N-dealkylation sites (N-methyl/N-ethyl adjacent to an activating group) is 2. The van der Waals surface area contributed by atoms with Gasteiger partial charge in [-0.3, -0.25) is 14.6 Å². The highest BCUT2D eigenvalue weighted by atomic mass is 35.5. The highest BCUT2D eigenvalue weighted by Gasteiger charge is 2.31. The fourth-order valence-electron chi connectivity index (χ4n) is 7.59. The van der Waals surface area contributed by atoms with Gasteiger partial charge in [0.15, 0.2) is 0 Å². The summed E-state index contributed by atoms with van der Waals surface area (Å²) >= 11 is 9.51. The van der Waals surface area contributed by atoms with Gasteiger partial charge >= 0.3 is 0 Å². The largest absolute Gasteiger partial charge is 0.372 e. The minimum absolute atomic E-state index is 0.0443. The van der Waals surface area contributed by atoms with Crippen LogP contribution in [-0.2, 0) is 41.8 Å². The molecule has 0 unspecified atom stereocenters. The average molecular weight is 787 g/mol. The lowest BCUT2D eigenvalue weighted by Gasteiger charge is -2.26. The van der Waals surface area contributed by atoms with Crippen molar-refractivity contribution in [3.8, 4) is 0 Å². The van der Waals surface area contributed by atoms with Gasteiger partial charge < -0.3 is 24.9 Å². The van der Waals surface area contributed by atoms with Crippen molar-refractivity contribution in [2.75, 3.05) is 72.6 Å². The first-order valence-corrected chi connectivity index (χ1v) is 20.3. The Morgan fingerprint density at radius 2 is 1.39 bits per heavy atom. The second-order valence-corrected chi connectivity index (χ2v) is 17.5. The molecule has 54 heavy (non-hydrogen) atoms. The number of fused-ring (bicyclic) bond motifs is 7. The van der Waals surface area contributed by atoms with Crippen molar-refractivity contribution in [1.29, 1.82) is 0 Å². The lowest BCUT2D eigenvalue weighted by Crippen LogP contribution is -2.32. The maximum Gasteiger partial charge on any atom is 0.225 e. The van der Waals surface area contributed by atoms with Crippen molar-refractivity contribution in [2.24, 2.45) is 16.8 Å². The van der Waals surface area contributed by atoms with Crippen molar-refractivity contribution in [3.63, 3.8) is 0 Å². The number of thiophene rings is 2. The number of hydrogen-bond donors (Lipinski definition) is 1. The molecular weight excluding hydrogens is 740 g/mol. The molecule has 1 aromatic carbocycles. The number of nitrogens with one attached hydrogen (secondary N) is 1. The molecule has 2 atom stereocenters. The Hall–Kier alpha value is -4.24. The van der Waals surface area contributed by atoms with Gasteiger partial charge in [0, 0.05) is 76.1 Å². The fraction of sp³-hybridized carbons (Fsp3) is 0.462. The summed E-state index contributed by atoms with van der Waals surface area (Å²) in [5.41, 5.74) is 7.10. The number of carbonyl (C=O) groups is 2. The van der Waals surface area contributed by atoms with Gasteiger partial charge in [-0.15, -0.1) is 22.7 Å². The monoisotopic (exact) mass is 786 g/mol. The summed E-state index contributed by atoms with van der Waals surface area (Å²) < 4.78 is 0. The zero-order valence-electron chi connectivity index (χ0n) is 31.9. The van der Waals surface area contributed by atoms with E-state index in [4.69, 9.17) is 11.6 Å². The van der Waals surface area contributed by atoms with Crippen LogP contribution in [0.3, 0.4) is 0 Å². The summed E-state index contributed by atoms with van der Waals surface area (Å²) in [6.07, 6.45) is 10.1. The van der Waals surface area contributed by atoms with Crippen LogP contribution in [-0.4, -0.2) is 115 Å². The van der Waals surface area contributed by atoms with E-state index in [9.17, 15) is 9.59 Å². The van der Waals surface area contributed by atoms with Crippen LogP contribution in [0, 0.1) is 11.8 Å². The van der Waals surface area contributed by atoms with Gasteiger partial charge in [-0.1, -0.05) is 11.6 Å². The van der Waals surface area contributed by atoms with Gasteiger partial charge in [0.2, 0.25) is 11.8 Å². The Labute approximate surface area is 329 Å². The van der Waals surface area contributed by atoms with E-state index >= 15 is 0 Å². The Morgan fingerprint density at radius 3 is 2.00 bits per heavy atom. The van der Waals surface area contributed by atoms with Gasteiger partial charge in [0.05, 0.1) is 28.7 Å². The second kappa shape index (κ2) is 15.9. The third-order valence-corrected chi connectivity index (χ3v) is 13.1.